The van der Waals surface area contributed by atoms with E-state index in [9.17, 15) is 27.6 Å². The number of hydrogen-bond donors (Lipinski definition) is 1. The lowest BCUT2D eigenvalue weighted by molar-refractivity contribution is -0.137. The topological polar surface area (TPSA) is 88.2 Å². The van der Waals surface area contributed by atoms with Gasteiger partial charge < -0.3 is 19.7 Å². The zero-order chi connectivity index (χ0) is 29.4. The second-order valence-corrected chi connectivity index (χ2v) is 10.6. The van der Waals surface area contributed by atoms with Crippen molar-refractivity contribution in [3.8, 4) is 11.5 Å². The summed E-state index contributed by atoms with van der Waals surface area (Å²) < 4.78 is 50.1. The first-order chi connectivity index (χ1) is 20.2. The number of rotatable bonds is 6. The van der Waals surface area contributed by atoms with Crippen molar-refractivity contribution < 1.29 is 37.0 Å². The summed E-state index contributed by atoms with van der Waals surface area (Å²) in [6.07, 6.45) is -3.85. The number of nitrogens with zero attached hydrogens (tertiary/aromatic N) is 2. The highest BCUT2D eigenvalue weighted by atomic mass is 19.4. The Hall–Kier alpha value is -4.54. The van der Waals surface area contributed by atoms with Crippen LogP contribution in [0.25, 0.3) is 0 Å². The highest BCUT2D eigenvalue weighted by Gasteiger charge is 2.41. The van der Waals surface area contributed by atoms with Gasteiger partial charge in [-0.15, -0.1) is 0 Å². The summed E-state index contributed by atoms with van der Waals surface area (Å²) in [7, 11) is 0. The minimum Gasteiger partial charge on any atom is -0.486 e. The fourth-order valence-electron chi connectivity index (χ4n) is 5.63. The van der Waals surface area contributed by atoms with E-state index in [1.54, 1.807) is 24.3 Å². The van der Waals surface area contributed by atoms with E-state index in [0.717, 1.165) is 12.1 Å². The second-order valence-electron chi connectivity index (χ2n) is 10.6. The van der Waals surface area contributed by atoms with Gasteiger partial charge in [0, 0.05) is 25.6 Å². The molecule has 0 aromatic heterocycles. The number of para-hydroxylation sites is 2. The Morgan fingerprint density at radius 3 is 2.33 bits per heavy atom. The molecule has 3 aromatic rings. The highest BCUT2D eigenvalue weighted by molar-refractivity contribution is 6.23. The first-order valence-corrected chi connectivity index (χ1v) is 13.8. The van der Waals surface area contributed by atoms with Crippen molar-refractivity contribution in [2.24, 2.45) is 5.92 Å². The molecule has 3 aliphatic heterocycles. The van der Waals surface area contributed by atoms with E-state index in [2.05, 4.69) is 5.32 Å². The molecule has 0 saturated carbocycles. The van der Waals surface area contributed by atoms with E-state index in [1.807, 2.05) is 23.1 Å². The molecule has 11 heteroatoms. The number of nitrogens with one attached hydrogen (secondary N) is 1. The van der Waals surface area contributed by atoms with Gasteiger partial charge in [0.05, 0.1) is 28.9 Å². The largest absolute Gasteiger partial charge is 0.486 e. The van der Waals surface area contributed by atoms with Crippen LogP contribution in [0.15, 0.2) is 66.7 Å². The summed E-state index contributed by atoms with van der Waals surface area (Å²) in [5, 5.41) is 2.82. The molecular formula is C31H28F3N3O5. The maximum atomic E-state index is 13.5. The standard InChI is InChI=1S/C31H28F3N3O5/c32-31(33,34)21-10-8-19(9-11-21)16-35-28(38)20-12-14-36(15-13-20)24-5-3-4-23-27(24)30(40)37(29(23)39)17-22-18-41-25-6-1-2-7-26(25)42-22/h1-11,20,22H,12-18H2,(H,35,38)/t22-/m0/s1. The van der Waals surface area contributed by atoms with E-state index in [0.29, 0.717) is 59.8 Å². The Balaban J connectivity index is 1.06. The number of anilines is 1. The average Bonchev–Trinajstić information content (AvgIpc) is 3.24. The number of halogens is 3. The number of carbonyl (C=O) groups is 3. The van der Waals surface area contributed by atoms with Crippen LogP contribution in [0.2, 0.25) is 0 Å². The van der Waals surface area contributed by atoms with Crippen molar-refractivity contribution in [1.82, 2.24) is 10.2 Å². The van der Waals surface area contributed by atoms with E-state index in [-0.39, 0.29) is 43.3 Å². The monoisotopic (exact) mass is 579 g/mol. The Kier molecular flexibility index (Phi) is 7.26. The van der Waals surface area contributed by atoms with E-state index in [4.69, 9.17) is 9.47 Å². The molecule has 0 bridgehead atoms. The molecule has 3 aromatic carbocycles. The van der Waals surface area contributed by atoms with Crippen LogP contribution in [0.3, 0.4) is 0 Å². The summed E-state index contributed by atoms with van der Waals surface area (Å²) in [4.78, 5) is 42.8. The molecule has 0 aliphatic carbocycles. The zero-order valence-corrected chi connectivity index (χ0v) is 22.5. The van der Waals surface area contributed by atoms with Crippen molar-refractivity contribution in [2.75, 3.05) is 31.1 Å². The van der Waals surface area contributed by atoms with Crippen molar-refractivity contribution in [3.05, 3.63) is 89.0 Å². The van der Waals surface area contributed by atoms with Crippen LogP contribution in [0.1, 0.15) is 44.7 Å². The summed E-state index contributed by atoms with van der Waals surface area (Å²) in [5.41, 5.74) is 1.19. The minimum absolute atomic E-state index is 0.0568. The van der Waals surface area contributed by atoms with Gasteiger partial charge >= 0.3 is 6.18 Å². The molecule has 0 radical (unpaired) electrons. The predicted molar refractivity (Wildman–Crippen MR) is 146 cm³/mol. The van der Waals surface area contributed by atoms with Crippen LogP contribution in [0, 0.1) is 5.92 Å². The lowest BCUT2D eigenvalue weighted by Gasteiger charge is -2.34. The lowest BCUT2D eigenvalue weighted by Crippen LogP contribution is -2.43. The molecule has 1 atom stereocenters. The lowest BCUT2D eigenvalue weighted by atomic mass is 9.94. The van der Waals surface area contributed by atoms with E-state index in [1.165, 1.54) is 17.0 Å². The molecule has 218 valence electrons. The van der Waals surface area contributed by atoms with Crippen LogP contribution < -0.4 is 19.7 Å². The summed E-state index contributed by atoms with van der Waals surface area (Å²) in [5.74, 6) is -0.0112. The molecule has 1 N–H and O–H groups in total. The Labute approximate surface area is 240 Å². The van der Waals surface area contributed by atoms with Crippen LogP contribution in [0.5, 0.6) is 11.5 Å². The maximum absolute atomic E-state index is 13.5. The molecule has 3 amide bonds. The summed E-state index contributed by atoms with van der Waals surface area (Å²) in [6, 6.07) is 17.2. The van der Waals surface area contributed by atoms with Gasteiger partial charge in [0.2, 0.25) is 5.91 Å². The highest BCUT2D eigenvalue weighted by Crippen LogP contribution is 2.36. The van der Waals surface area contributed by atoms with Crippen LogP contribution in [-0.2, 0) is 17.5 Å². The Morgan fingerprint density at radius 2 is 1.62 bits per heavy atom. The third kappa shape index (κ3) is 5.38. The summed E-state index contributed by atoms with van der Waals surface area (Å²) >= 11 is 0. The molecule has 8 nitrogen and oxygen atoms in total. The number of fused-ring (bicyclic) bond motifs is 2. The fraction of sp³-hybridized carbons (Fsp3) is 0.323. The number of imide groups is 1. The molecule has 0 spiro atoms. The molecule has 1 saturated heterocycles. The van der Waals surface area contributed by atoms with Crippen LogP contribution in [0.4, 0.5) is 18.9 Å². The van der Waals surface area contributed by atoms with Gasteiger partial charge in [-0.2, -0.15) is 13.2 Å². The summed E-state index contributed by atoms with van der Waals surface area (Å²) in [6.45, 7) is 1.42. The molecule has 3 aliphatic rings. The van der Waals surface area contributed by atoms with Crippen molar-refractivity contribution >= 4 is 23.4 Å². The second kappa shape index (κ2) is 11.0. The van der Waals surface area contributed by atoms with Crippen molar-refractivity contribution in [2.45, 2.75) is 31.7 Å². The van der Waals surface area contributed by atoms with E-state index >= 15 is 0 Å². The van der Waals surface area contributed by atoms with Crippen LogP contribution in [-0.4, -0.2) is 55.0 Å². The smallest absolute Gasteiger partial charge is 0.416 e. The fourth-order valence-corrected chi connectivity index (χ4v) is 5.63. The third-order valence-electron chi connectivity index (χ3n) is 7.89. The van der Waals surface area contributed by atoms with Gasteiger partial charge in [-0.3, -0.25) is 19.3 Å². The SMILES string of the molecule is O=C(NCc1ccc(C(F)(F)F)cc1)C1CCN(c2cccc3c2C(=O)N(C[C@H]2COc4ccccc4O2)C3=O)CC1. The van der Waals surface area contributed by atoms with Gasteiger partial charge in [-0.05, 0) is 54.8 Å². The van der Waals surface area contributed by atoms with E-state index < -0.39 is 17.8 Å². The molecule has 6 rings (SSSR count). The molecule has 3 heterocycles. The normalized spacial score (nSPS) is 18.7. The number of alkyl halides is 3. The van der Waals surface area contributed by atoms with Gasteiger partial charge in [0.1, 0.15) is 6.61 Å². The Bertz CT molecular complexity index is 1520. The number of hydrogen-bond acceptors (Lipinski definition) is 6. The first-order valence-electron chi connectivity index (χ1n) is 13.8. The van der Waals surface area contributed by atoms with Crippen LogP contribution >= 0.6 is 0 Å². The predicted octanol–water partition coefficient (Wildman–Crippen LogP) is 4.67. The minimum atomic E-state index is -4.41. The number of ether oxygens (including phenoxy) is 2. The van der Waals surface area contributed by atoms with Gasteiger partial charge in [-0.25, -0.2) is 0 Å². The molecular weight excluding hydrogens is 551 g/mol. The number of carbonyl (C=O) groups excluding carboxylic acids is 3. The number of amides is 3. The first kappa shape index (κ1) is 27.6. The third-order valence-corrected chi connectivity index (χ3v) is 7.89. The van der Waals surface area contributed by atoms with Crippen molar-refractivity contribution in [3.63, 3.8) is 0 Å². The van der Waals surface area contributed by atoms with Gasteiger partial charge in [0.25, 0.3) is 11.8 Å². The van der Waals surface area contributed by atoms with Crippen molar-refractivity contribution in [1.29, 1.82) is 0 Å². The molecule has 1 fully saturated rings. The van der Waals surface area contributed by atoms with Gasteiger partial charge in [-0.1, -0.05) is 30.3 Å². The number of benzene rings is 3. The molecule has 42 heavy (non-hydrogen) atoms. The average molecular weight is 580 g/mol. The maximum Gasteiger partial charge on any atom is 0.416 e. The van der Waals surface area contributed by atoms with Gasteiger partial charge in [0.15, 0.2) is 17.6 Å². The number of piperidine rings is 1. The Morgan fingerprint density at radius 1 is 0.905 bits per heavy atom. The molecule has 0 unspecified atom stereocenters. The quantitative estimate of drug-likeness (QED) is 0.427. The zero-order valence-electron chi connectivity index (χ0n) is 22.5.